The largest absolute Gasteiger partial charge is 0.376 e. The lowest BCUT2D eigenvalue weighted by Gasteiger charge is -2.22. The summed E-state index contributed by atoms with van der Waals surface area (Å²) in [5, 5.41) is 11.7. The lowest BCUT2D eigenvalue weighted by atomic mass is 10.1. The van der Waals surface area contributed by atoms with Crippen molar-refractivity contribution >= 4 is 41.3 Å². The molecular weight excluding hydrogens is 271 g/mol. The zero-order valence-electron chi connectivity index (χ0n) is 9.95. The Labute approximate surface area is 119 Å². The average molecular weight is 289 g/mol. The first-order valence-corrected chi connectivity index (χ1v) is 5.40. The van der Waals surface area contributed by atoms with Crippen molar-refractivity contribution in [3.63, 3.8) is 0 Å². The first-order valence-electron chi connectivity index (χ1n) is 5.40. The number of hydrogen-bond acceptors (Lipinski definition) is 3. The number of aliphatic hydroxyl groups is 1. The summed E-state index contributed by atoms with van der Waals surface area (Å²) in [4.78, 5) is 1.88. The van der Waals surface area contributed by atoms with Crippen LogP contribution in [0, 0.1) is 0 Å². The fraction of sp³-hybridized carbons (Fsp3) is 0.231. The molecular formula is C13H18Cl2N2O. The molecule has 0 spiro atoms. The van der Waals surface area contributed by atoms with Gasteiger partial charge in [0.1, 0.15) is 6.73 Å². The highest BCUT2D eigenvalue weighted by Gasteiger charge is 2.07. The molecule has 0 saturated carbocycles. The van der Waals surface area contributed by atoms with Crippen LogP contribution in [0.15, 0.2) is 42.5 Å². The third-order valence-corrected chi connectivity index (χ3v) is 2.68. The van der Waals surface area contributed by atoms with Crippen molar-refractivity contribution < 1.29 is 5.11 Å². The molecule has 0 fully saturated rings. The van der Waals surface area contributed by atoms with Gasteiger partial charge in [0.05, 0.1) is 0 Å². The van der Waals surface area contributed by atoms with E-state index in [1.54, 1.807) is 0 Å². The molecule has 0 aliphatic heterocycles. The number of anilines is 1. The Morgan fingerprint density at radius 3 is 2.33 bits per heavy atom. The molecule has 2 aromatic carbocycles. The summed E-state index contributed by atoms with van der Waals surface area (Å²) in [6, 6.07) is 14.2. The van der Waals surface area contributed by atoms with Crippen molar-refractivity contribution in [1.82, 2.24) is 0 Å². The van der Waals surface area contributed by atoms with E-state index in [4.69, 9.17) is 5.73 Å². The third-order valence-electron chi connectivity index (χ3n) is 2.68. The Hall–Kier alpha value is -1.00. The molecule has 0 aromatic heterocycles. The van der Waals surface area contributed by atoms with Gasteiger partial charge in [0.15, 0.2) is 0 Å². The van der Waals surface area contributed by atoms with Crippen molar-refractivity contribution in [3.05, 3.63) is 42.5 Å². The van der Waals surface area contributed by atoms with Crippen molar-refractivity contribution in [2.75, 3.05) is 24.7 Å². The molecule has 0 radical (unpaired) electrons. The minimum absolute atomic E-state index is 0. The third kappa shape index (κ3) is 3.50. The van der Waals surface area contributed by atoms with E-state index in [1.807, 2.05) is 29.2 Å². The predicted molar refractivity (Wildman–Crippen MR) is 81.9 cm³/mol. The number of nitrogens with zero attached hydrogens (tertiary/aromatic N) is 1. The topological polar surface area (TPSA) is 49.5 Å². The van der Waals surface area contributed by atoms with Gasteiger partial charge in [-0.1, -0.05) is 36.4 Å². The van der Waals surface area contributed by atoms with Gasteiger partial charge in [0, 0.05) is 24.2 Å². The van der Waals surface area contributed by atoms with Crippen LogP contribution in [0.25, 0.3) is 10.8 Å². The van der Waals surface area contributed by atoms with Crippen LogP contribution in [0.2, 0.25) is 0 Å². The van der Waals surface area contributed by atoms with E-state index in [2.05, 4.69) is 18.2 Å². The molecule has 2 aromatic rings. The highest BCUT2D eigenvalue weighted by molar-refractivity contribution is 5.94. The normalized spacial score (nSPS) is 9.44. The maximum Gasteiger partial charge on any atom is 0.115 e. The fourth-order valence-electron chi connectivity index (χ4n) is 1.91. The van der Waals surface area contributed by atoms with Crippen molar-refractivity contribution in [1.29, 1.82) is 0 Å². The summed E-state index contributed by atoms with van der Waals surface area (Å²) in [5.41, 5.74) is 6.57. The van der Waals surface area contributed by atoms with Crippen LogP contribution in [0.4, 0.5) is 5.69 Å². The molecule has 0 amide bonds. The van der Waals surface area contributed by atoms with E-state index in [-0.39, 0.29) is 31.5 Å². The Bertz CT molecular complexity index is 474. The summed E-state index contributed by atoms with van der Waals surface area (Å²) in [5.74, 6) is 0. The number of nitrogens with two attached hydrogens (primary N) is 1. The molecule has 0 aliphatic carbocycles. The summed E-state index contributed by atoms with van der Waals surface area (Å²) >= 11 is 0. The number of fused-ring (bicyclic) bond motifs is 1. The monoisotopic (exact) mass is 288 g/mol. The molecule has 0 unspecified atom stereocenters. The van der Waals surface area contributed by atoms with Gasteiger partial charge in [0.2, 0.25) is 0 Å². The first kappa shape index (κ1) is 17.0. The molecule has 2 rings (SSSR count). The minimum atomic E-state index is -0.00872. The first-order chi connectivity index (χ1) is 7.86. The summed E-state index contributed by atoms with van der Waals surface area (Å²) in [6.07, 6.45) is 0. The summed E-state index contributed by atoms with van der Waals surface area (Å²) in [7, 11) is 0. The Morgan fingerprint density at radius 2 is 1.67 bits per heavy atom. The maximum atomic E-state index is 9.34. The second kappa shape index (κ2) is 8.16. The summed E-state index contributed by atoms with van der Waals surface area (Å²) < 4.78 is 0. The molecule has 0 bridgehead atoms. The van der Waals surface area contributed by atoms with Crippen LogP contribution in [0.1, 0.15) is 0 Å². The smallest absolute Gasteiger partial charge is 0.115 e. The molecule has 3 N–H and O–H groups in total. The van der Waals surface area contributed by atoms with Crippen LogP contribution < -0.4 is 10.6 Å². The van der Waals surface area contributed by atoms with Gasteiger partial charge in [-0.3, -0.25) is 0 Å². The lowest BCUT2D eigenvalue weighted by Crippen LogP contribution is -2.30. The van der Waals surface area contributed by atoms with Gasteiger partial charge in [0.25, 0.3) is 0 Å². The molecule has 0 aliphatic rings. The van der Waals surface area contributed by atoms with Gasteiger partial charge in [-0.15, -0.1) is 24.8 Å². The van der Waals surface area contributed by atoms with E-state index in [9.17, 15) is 5.11 Å². The second-order valence-electron chi connectivity index (χ2n) is 3.69. The average Bonchev–Trinajstić information content (AvgIpc) is 2.35. The SMILES string of the molecule is Cl.Cl.NCCN(CO)c1cccc2ccccc12. The lowest BCUT2D eigenvalue weighted by molar-refractivity contribution is 0.292. The zero-order chi connectivity index (χ0) is 11.4. The van der Waals surface area contributed by atoms with Crippen LogP contribution in [0.3, 0.4) is 0 Å². The quantitative estimate of drug-likeness (QED) is 0.850. The van der Waals surface area contributed by atoms with Gasteiger partial charge >= 0.3 is 0 Å². The van der Waals surface area contributed by atoms with E-state index < -0.39 is 0 Å². The zero-order valence-corrected chi connectivity index (χ0v) is 11.6. The van der Waals surface area contributed by atoms with E-state index in [0.29, 0.717) is 13.1 Å². The van der Waals surface area contributed by atoms with Crippen molar-refractivity contribution in [3.8, 4) is 0 Å². The molecule has 100 valence electrons. The van der Waals surface area contributed by atoms with Crippen molar-refractivity contribution in [2.45, 2.75) is 0 Å². The summed E-state index contributed by atoms with van der Waals surface area (Å²) in [6.45, 7) is 1.18. The van der Waals surface area contributed by atoms with Crippen LogP contribution in [0.5, 0.6) is 0 Å². The molecule has 5 heteroatoms. The minimum Gasteiger partial charge on any atom is -0.376 e. The molecule has 3 nitrogen and oxygen atoms in total. The Morgan fingerprint density at radius 1 is 1.00 bits per heavy atom. The van der Waals surface area contributed by atoms with Crippen LogP contribution >= 0.6 is 24.8 Å². The van der Waals surface area contributed by atoms with Gasteiger partial charge < -0.3 is 15.7 Å². The van der Waals surface area contributed by atoms with Gasteiger partial charge in [-0.2, -0.15) is 0 Å². The second-order valence-corrected chi connectivity index (χ2v) is 3.69. The number of aliphatic hydroxyl groups excluding tert-OH is 1. The molecule has 18 heavy (non-hydrogen) atoms. The molecule has 0 heterocycles. The van der Waals surface area contributed by atoms with E-state index in [1.165, 1.54) is 5.39 Å². The van der Waals surface area contributed by atoms with E-state index >= 15 is 0 Å². The molecule has 0 atom stereocenters. The Kier molecular flexibility index (Phi) is 7.71. The number of rotatable bonds is 4. The highest BCUT2D eigenvalue weighted by Crippen LogP contribution is 2.25. The van der Waals surface area contributed by atoms with Crippen molar-refractivity contribution in [2.24, 2.45) is 5.73 Å². The highest BCUT2D eigenvalue weighted by atomic mass is 35.5. The Balaban J connectivity index is 0.00000144. The predicted octanol–water partition coefficient (Wildman–Crippen LogP) is 2.40. The standard InChI is InChI=1S/C13H16N2O.2ClH/c14-8-9-15(10-16)13-7-3-5-11-4-1-2-6-12(11)13;;/h1-7,16H,8-10,14H2;2*1H. The fourth-order valence-corrected chi connectivity index (χ4v) is 1.91. The van der Waals surface area contributed by atoms with Crippen LogP contribution in [-0.4, -0.2) is 24.9 Å². The number of hydrogen-bond donors (Lipinski definition) is 2. The van der Waals surface area contributed by atoms with Crippen LogP contribution in [-0.2, 0) is 0 Å². The number of halogens is 2. The maximum absolute atomic E-state index is 9.34. The number of benzene rings is 2. The van der Waals surface area contributed by atoms with Gasteiger partial charge in [-0.25, -0.2) is 0 Å². The van der Waals surface area contributed by atoms with E-state index in [0.717, 1.165) is 11.1 Å². The molecule has 0 saturated heterocycles. The van der Waals surface area contributed by atoms with Gasteiger partial charge in [-0.05, 0) is 11.5 Å².